The fraction of sp³-hybridized carbons (Fsp3) is 0.276. The number of fused-ring (bicyclic) bond motifs is 1. The quantitative estimate of drug-likeness (QED) is 0.258. The number of halogens is 1. The number of aromatic nitrogens is 4. The molecular formula is C29H28ClN7S. The first-order valence-corrected chi connectivity index (χ1v) is 14.2. The van der Waals surface area contributed by atoms with Crippen LogP contribution in [-0.4, -0.2) is 57.9 Å². The summed E-state index contributed by atoms with van der Waals surface area (Å²) in [5.41, 5.74) is 6.52. The number of nitrogens with zero attached hydrogens (tertiary/aromatic N) is 6. The fourth-order valence-corrected chi connectivity index (χ4v) is 6.02. The van der Waals surface area contributed by atoms with E-state index in [1.165, 1.54) is 24.0 Å². The highest BCUT2D eigenvalue weighted by molar-refractivity contribution is 7.18. The molecule has 192 valence electrons. The highest BCUT2D eigenvalue weighted by atomic mass is 35.5. The molecule has 3 aromatic carbocycles. The highest BCUT2D eigenvalue weighted by Crippen LogP contribution is 2.44. The van der Waals surface area contributed by atoms with E-state index in [-0.39, 0.29) is 0 Å². The molecule has 0 spiro atoms. The van der Waals surface area contributed by atoms with Gasteiger partial charge in [0.1, 0.15) is 10.8 Å². The summed E-state index contributed by atoms with van der Waals surface area (Å²) in [6.07, 6.45) is 2.37. The van der Waals surface area contributed by atoms with Crippen molar-refractivity contribution in [2.75, 3.05) is 43.4 Å². The van der Waals surface area contributed by atoms with Crippen LogP contribution in [0.1, 0.15) is 18.9 Å². The van der Waals surface area contributed by atoms with Crippen LogP contribution in [0.15, 0.2) is 66.7 Å². The molecular weight excluding hydrogens is 514 g/mol. The van der Waals surface area contributed by atoms with Crippen LogP contribution in [-0.2, 0) is 0 Å². The largest absolute Gasteiger partial charge is 0.367 e. The SMILES string of the molecule is CN1CCN(c2cc3c(cc2Nc2nnc(-c4ccccc4)s2)nc(-c2ccc(Cl)cc2)n3C2CC2)CC1. The monoisotopic (exact) mass is 541 g/mol. The van der Waals surface area contributed by atoms with Gasteiger partial charge >= 0.3 is 0 Å². The number of hydrogen-bond donors (Lipinski definition) is 1. The molecule has 9 heteroatoms. The first kappa shape index (κ1) is 23.6. The van der Waals surface area contributed by atoms with E-state index < -0.39 is 0 Å². The van der Waals surface area contributed by atoms with Crippen molar-refractivity contribution >= 4 is 50.5 Å². The predicted molar refractivity (Wildman–Crippen MR) is 157 cm³/mol. The van der Waals surface area contributed by atoms with Crippen molar-refractivity contribution in [3.05, 3.63) is 71.8 Å². The Labute approximate surface area is 230 Å². The van der Waals surface area contributed by atoms with Gasteiger partial charge in [-0.3, -0.25) is 0 Å². The zero-order valence-corrected chi connectivity index (χ0v) is 22.7. The van der Waals surface area contributed by atoms with Crippen LogP contribution in [0.25, 0.3) is 33.0 Å². The summed E-state index contributed by atoms with van der Waals surface area (Å²) in [6, 6.07) is 23.2. The summed E-state index contributed by atoms with van der Waals surface area (Å²) in [6.45, 7) is 4.02. The van der Waals surface area contributed by atoms with Gasteiger partial charge in [-0.15, -0.1) is 10.2 Å². The second-order valence-electron chi connectivity index (χ2n) is 10.1. The van der Waals surface area contributed by atoms with E-state index in [4.69, 9.17) is 16.6 Å². The third kappa shape index (κ3) is 4.53. The maximum absolute atomic E-state index is 6.19. The number of piperazine rings is 1. The number of benzene rings is 3. The number of imidazole rings is 1. The summed E-state index contributed by atoms with van der Waals surface area (Å²) < 4.78 is 2.43. The summed E-state index contributed by atoms with van der Waals surface area (Å²) in [7, 11) is 2.19. The first-order chi connectivity index (χ1) is 18.6. The molecule has 38 heavy (non-hydrogen) atoms. The molecule has 7 rings (SSSR count). The van der Waals surface area contributed by atoms with Gasteiger partial charge in [0.15, 0.2) is 0 Å². The Hall–Kier alpha value is -3.46. The molecule has 7 nitrogen and oxygen atoms in total. The zero-order valence-electron chi connectivity index (χ0n) is 21.1. The number of hydrogen-bond acceptors (Lipinski definition) is 7. The van der Waals surface area contributed by atoms with Crippen LogP contribution in [0.2, 0.25) is 5.02 Å². The molecule has 0 unspecified atom stereocenters. The van der Waals surface area contributed by atoms with Gasteiger partial charge in [-0.2, -0.15) is 0 Å². The van der Waals surface area contributed by atoms with Crippen molar-refractivity contribution in [3.8, 4) is 22.0 Å². The van der Waals surface area contributed by atoms with E-state index >= 15 is 0 Å². The molecule has 0 bridgehead atoms. The van der Waals surface area contributed by atoms with Gasteiger partial charge in [0.05, 0.1) is 22.4 Å². The van der Waals surface area contributed by atoms with Crippen LogP contribution < -0.4 is 10.2 Å². The predicted octanol–water partition coefficient (Wildman–Crippen LogP) is 6.71. The Morgan fingerprint density at radius 1 is 0.895 bits per heavy atom. The standard InChI is InChI=1S/C29H28ClN7S/c1-35-13-15-36(16-14-35)25-18-26-24(31-27(37(26)22-11-12-22)19-7-9-21(30)10-8-19)17-23(25)32-29-34-33-28(38-29)20-5-3-2-4-6-20/h2-10,17-18,22H,11-16H2,1H3,(H,32,34). The van der Waals surface area contributed by atoms with Crippen molar-refractivity contribution in [3.63, 3.8) is 0 Å². The van der Waals surface area contributed by atoms with E-state index in [2.05, 4.69) is 73.3 Å². The van der Waals surface area contributed by atoms with Crippen molar-refractivity contribution in [1.82, 2.24) is 24.6 Å². The second kappa shape index (κ2) is 9.69. The lowest BCUT2D eigenvalue weighted by Gasteiger charge is -2.35. The smallest absolute Gasteiger partial charge is 0.210 e. The third-order valence-corrected chi connectivity index (χ3v) is 8.49. The number of nitrogens with one attached hydrogen (secondary N) is 1. The van der Waals surface area contributed by atoms with Gasteiger partial charge in [-0.1, -0.05) is 53.3 Å². The molecule has 2 aromatic heterocycles. The van der Waals surface area contributed by atoms with Gasteiger partial charge in [0.25, 0.3) is 0 Å². The van der Waals surface area contributed by atoms with E-state index in [1.807, 2.05) is 30.3 Å². The molecule has 1 saturated heterocycles. The summed E-state index contributed by atoms with van der Waals surface area (Å²) in [5, 5.41) is 14.9. The van der Waals surface area contributed by atoms with Gasteiger partial charge < -0.3 is 19.7 Å². The first-order valence-electron chi connectivity index (χ1n) is 13.0. The van der Waals surface area contributed by atoms with Crippen molar-refractivity contribution in [2.45, 2.75) is 18.9 Å². The maximum atomic E-state index is 6.19. The summed E-state index contributed by atoms with van der Waals surface area (Å²) in [4.78, 5) is 10.0. The Morgan fingerprint density at radius 2 is 1.66 bits per heavy atom. The highest BCUT2D eigenvalue weighted by Gasteiger charge is 2.30. The topological polar surface area (TPSA) is 62.1 Å². The summed E-state index contributed by atoms with van der Waals surface area (Å²) in [5.74, 6) is 1.00. The Balaban J connectivity index is 1.33. The Kier molecular flexibility index (Phi) is 6.03. The Morgan fingerprint density at radius 3 is 2.39 bits per heavy atom. The minimum absolute atomic E-state index is 0.487. The normalized spacial score (nSPS) is 16.3. The van der Waals surface area contributed by atoms with Gasteiger partial charge in [0.2, 0.25) is 5.13 Å². The van der Waals surface area contributed by atoms with Crippen LogP contribution in [0.3, 0.4) is 0 Å². The lowest BCUT2D eigenvalue weighted by Crippen LogP contribution is -2.44. The average molecular weight is 542 g/mol. The van der Waals surface area contributed by atoms with Crippen LogP contribution >= 0.6 is 22.9 Å². The molecule has 1 N–H and O–H groups in total. The number of anilines is 3. The van der Waals surface area contributed by atoms with E-state index in [9.17, 15) is 0 Å². The lowest BCUT2D eigenvalue weighted by molar-refractivity contribution is 0.313. The molecule has 1 aliphatic carbocycles. The van der Waals surface area contributed by atoms with E-state index in [0.29, 0.717) is 6.04 Å². The zero-order chi connectivity index (χ0) is 25.6. The number of likely N-dealkylation sites (N-methyl/N-ethyl adjacent to an activating group) is 1. The minimum Gasteiger partial charge on any atom is -0.367 e. The van der Waals surface area contributed by atoms with Gasteiger partial charge in [0, 0.05) is 48.4 Å². The molecule has 2 fully saturated rings. The van der Waals surface area contributed by atoms with Crippen molar-refractivity contribution in [2.24, 2.45) is 0 Å². The summed E-state index contributed by atoms with van der Waals surface area (Å²) >= 11 is 7.76. The molecule has 1 saturated carbocycles. The molecule has 0 amide bonds. The van der Waals surface area contributed by atoms with Crippen molar-refractivity contribution < 1.29 is 0 Å². The lowest BCUT2D eigenvalue weighted by atomic mass is 10.2. The second-order valence-corrected chi connectivity index (χ2v) is 11.5. The number of rotatable bonds is 6. The molecule has 0 atom stereocenters. The van der Waals surface area contributed by atoms with E-state index in [1.54, 1.807) is 11.3 Å². The fourth-order valence-electron chi connectivity index (χ4n) is 5.13. The van der Waals surface area contributed by atoms with Crippen molar-refractivity contribution in [1.29, 1.82) is 0 Å². The third-order valence-electron chi connectivity index (χ3n) is 7.35. The van der Waals surface area contributed by atoms with Crippen LogP contribution in [0, 0.1) is 0 Å². The molecule has 1 aliphatic heterocycles. The Bertz CT molecular complexity index is 1580. The average Bonchev–Trinajstić information content (AvgIpc) is 3.55. The van der Waals surface area contributed by atoms with Gasteiger partial charge in [-0.05, 0) is 56.3 Å². The molecule has 3 heterocycles. The molecule has 0 radical (unpaired) electrons. The van der Waals surface area contributed by atoms with E-state index in [0.717, 1.165) is 69.5 Å². The minimum atomic E-state index is 0.487. The maximum Gasteiger partial charge on any atom is 0.210 e. The van der Waals surface area contributed by atoms with Crippen LogP contribution in [0.4, 0.5) is 16.5 Å². The van der Waals surface area contributed by atoms with Gasteiger partial charge in [-0.25, -0.2) is 4.98 Å². The molecule has 5 aromatic rings. The molecule has 2 aliphatic rings. The van der Waals surface area contributed by atoms with Crippen LogP contribution in [0.5, 0.6) is 0 Å².